The van der Waals surface area contributed by atoms with Gasteiger partial charge in [-0.2, -0.15) is 8.42 Å². The standard InChI is InChI=1S/C21H21NO4S2/c1-15-6-7-16(2)20(13-15)28(24,25)26-18-10-8-17(9-11-18)21(23)22(3)14-19-5-4-12-27-19/h4-13H,14H2,1-3H3. The smallest absolute Gasteiger partial charge is 0.339 e. The summed E-state index contributed by atoms with van der Waals surface area (Å²) in [5.41, 5.74) is 1.92. The number of benzene rings is 2. The van der Waals surface area contributed by atoms with Gasteiger partial charge in [0, 0.05) is 17.5 Å². The van der Waals surface area contributed by atoms with E-state index in [1.54, 1.807) is 54.5 Å². The third-order valence-electron chi connectivity index (χ3n) is 4.24. The molecule has 1 amide bonds. The minimum absolute atomic E-state index is 0.141. The summed E-state index contributed by atoms with van der Waals surface area (Å²) >= 11 is 1.59. The molecule has 3 aromatic rings. The molecule has 3 rings (SSSR count). The van der Waals surface area contributed by atoms with Crippen molar-refractivity contribution in [3.05, 3.63) is 81.5 Å². The van der Waals surface area contributed by atoms with Crippen LogP contribution in [0.5, 0.6) is 5.75 Å². The van der Waals surface area contributed by atoms with Gasteiger partial charge in [0.1, 0.15) is 10.6 Å². The van der Waals surface area contributed by atoms with Crippen LogP contribution in [0, 0.1) is 13.8 Å². The third-order valence-corrected chi connectivity index (χ3v) is 6.49. The van der Waals surface area contributed by atoms with Gasteiger partial charge in [0.2, 0.25) is 0 Å². The van der Waals surface area contributed by atoms with Crippen molar-refractivity contribution in [2.45, 2.75) is 25.3 Å². The summed E-state index contributed by atoms with van der Waals surface area (Å²) in [7, 11) is -2.21. The Morgan fingerprint density at radius 2 is 1.79 bits per heavy atom. The minimum Gasteiger partial charge on any atom is -0.379 e. The average Bonchev–Trinajstić information content (AvgIpc) is 3.16. The molecule has 146 valence electrons. The average molecular weight is 416 g/mol. The predicted octanol–water partition coefficient (Wildman–Crippen LogP) is 4.40. The zero-order valence-corrected chi connectivity index (χ0v) is 17.5. The molecule has 1 heterocycles. The normalized spacial score (nSPS) is 11.2. The van der Waals surface area contributed by atoms with E-state index < -0.39 is 10.1 Å². The Morgan fingerprint density at radius 1 is 1.07 bits per heavy atom. The summed E-state index contributed by atoms with van der Waals surface area (Å²) in [6, 6.07) is 15.2. The molecule has 28 heavy (non-hydrogen) atoms. The molecule has 0 bridgehead atoms. The Balaban J connectivity index is 1.73. The van der Waals surface area contributed by atoms with E-state index in [9.17, 15) is 13.2 Å². The molecular weight excluding hydrogens is 394 g/mol. The maximum atomic E-state index is 12.6. The summed E-state index contributed by atoms with van der Waals surface area (Å²) in [6.07, 6.45) is 0. The lowest BCUT2D eigenvalue weighted by molar-refractivity contribution is 0.0786. The van der Waals surface area contributed by atoms with Crippen molar-refractivity contribution in [3.63, 3.8) is 0 Å². The van der Waals surface area contributed by atoms with E-state index in [0.717, 1.165) is 10.4 Å². The summed E-state index contributed by atoms with van der Waals surface area (Å²) in [4.78, 5) is 15.4. The van der Waals surface area contributed by atoms with Gasteiger partial charge in [-0.25, -0.2) is 0 Å². The number of aryl methyl sites for hydroxylation is 2. The Bertz CT molecular complexity index is 1070. The fourth-order valence-corrected chi connectivity index (χ4v) is 4.73. The Hall–Kier alpha value is -2.64. The van der Waals surface area contributed by atoms with Gasteiger partial charge in [0.25, 0.3) is 5.91 Å². The molecule has 0 atom stereocenters. The topological polar surface area (TPSA) is 63.7 Å². The molecular formula is C21H21NO4S2. The number of amides is 1. The second-order valence-electron chi connectivity index (χ2n) is 6.57. The van der Waals surface area contributed by atoms with Gasteiger partial charge in [-0.05, 0) is 66.8 Å². The highest BCUT2D eigenvalue weighted by Gasteiger charge is 2.20. The zero-order valence-electron chi connectivity index (χ0n) is 15.9. The van der Waals surface area contributed by atoms with E-state index in [1.165, 1.54) is 12.1 Å². The monoisotopic (exact) mass is 415 g/mol. The molecule has 0 aliphatic heterocycles. The van der Waals surface area contributed by atoms with E-state index >= 15 is 0 Å². The van der Waals surface area contributed by atoms with Gasteiger partial charge in [0.05, 0.1) is 6.54 Å². The van der Waals surface area contributed by atoms with Crippen LogP contribution in [0.25, 0.3) is 0 Å². The second kappa shape index (κ2) is 8.16. The van der Waals surface area contributed by atoms with Crippen LogP contribution in [-0.2, 0) is 16.7 Å². The fourth-order valence-electron chi connectivity index (χ4n) is 2.73. The van der Waals surface area contributed by atoms with Crippen molar-refractivity contribution >= 4 is 27.4 Å². The van der Waals surface area contributed by atoms with E-state index in [4.69, 9.17) is 4.18 Å². The molecule has 7 heteroatoms. The molecule has 0 N–H and O–H groups in total. The van der Waals surface area contributed by atoms with Crippen LogP contribution in [-0.4, -0.2) is 26.3 Å². The highest BCUT2D eigenvalue weighted by atomic mass is 32.2. The molecule has 0 radical (unpaired) electrons. The Kier molecular flexibility index (Phi) is 5.86. The predicted molar refractivity (Wildman–Crippen MR) is 110 cm³/mol. The van der Waals surface area contributed by atoms with Gasteiger partial charge >= 0.3 is 10.1 Å². The number of hydrogen-bond donors (Lipinski definition) is 0. The molecule has 0 fully saturated rings. The van der Waals surface area contributed by atoms with E-state index in [0.29, 0.717) is 17.7 Å². The van der Waals surface area contributed by atoms with Crippen molar-refractivity contribution < 1.29 is 17.4 Å². The first kappa shape index (κ1) is 20.1. The number of nitrogens with zero attached hydrogens (tertiary/aromatic N) is 1. The van der Waals surface area contributed by atoms with Crippen molar-refractivity contribution in [2.24, 2.45) is 0 Å². The summed E-state index contributed by atoms with van der Waals surface area (Å²) in [5.74, 6) is 0.0238. The highest BCUT2D eigenvalue weighted by Crippen LogP contribution is 2.23. The molecule has 0 saturated heterocycles. The number of thiophene rings is 1. The molecule has 0 spiro atoms. The van der Waals surface area contributed by atoms with Gasteiger partial charge in [-0.3, -0.25) is 4.79 Å². The van der Waals surface area contributed by atoms with Gasteiger partial charge in [-0.15, -0.1) is 11.3 Å². The molecule has 0 unspecified atom stereocenters. The van der Waals surface area contributed by atoms with E-state index in [1.807, 2.05) is 30.5 Å². The third kappa shape index (κ3) is 4.61. The number of hydrogen-bond acceptors (Lipinski definition) is 5. The SMILES string of the molecule is Cc1ccc(C)c(S(=O)(=O)Oc2ccc(C(=O)N(C)Cc3cccs3)cc2)c1. The molecule has 0 aliphatic rings. The molecule has 5 nitrogen and oxygen atoms in total. The highest BCUT2D eigenvalue weighted by molar-refractivity contribution is 7.87. The summed E-state index contributed by atoms with van der Waals surface area (Å²) in [6.45, 7) is 4.07. The lowest BCUT2D eigenvalue weighted by atomic mass is 10.2. The Labute approximate surface area is 169 Å². The van der Waals surface area contributed by atoms with Crippen LogP contribution in [0.3, 0.4) is 0 Å². The first-order valence-electron chi connectivity index (χ1n) is 8.66. The second-order valence-corrected chi connectivity index (χ2v) is 9.12. The number of rotatable bonds is 6. The van der Waals surface area contributed by atoms with Crippen LogP contribution in [0.15, 0.2) is 64.9 Å². The Morgan fingerprint density at radius 3 is 2.43 bits per heavy atom. The first-order valence-corrected chi connectivity index (χ1v) is 10.9. The largest absolute Gasteiger partial charge is 0.379 e. The van der Waals surface area contributed by atoms with E-state index in [2.05, 4.69) is 0 Å². The van der Waals surface area contributed by atoms with Gasteiger partial charge < -0.3 is 9.08 Å². The molecule has 1 aromatic heterocycles. The molecule has 0 aliphatic carbocycles. The van der Waals surface area contributed by atoms with Crippen LogP contribution in [0.1, 0.15) is 26.4 Å². The number of carbonyl (C=O) groups excluding carboxylic acids is 1. The summed E-state index contributed by atoms with van der Waals surface area (Å²) in [5, 5.41) is 1.97. The van der Waals surface area contributed by atoms with Crippen molar-refractivity contribution in [3.8, 4) is 5.75 Å². The van der Waals surface area contributed by atoms with Crippen LogP contribution < -0.4 is 4.18 Å². The van der Waals surface area contributed by atoms with E-state index in [-0.39, 0.29) is 16.6 Å². The van der Waals surface area contributed by atoms with Crippen molar-refractivity contribution in [2.75, 3.05) is 7.05 Å². The minimum atomic E-state index is -3.94. The zero-order chi connectivity index (χ0) is 20.3. The summed E-state index contributed by atoms with van der Waals surface area (Å²) < 4.78 is 30.4. The number of carbonyl (C=O) groups is 1. The van der Waals surface area contributed by atoms with Gasteiger partial charge in [0.15, 0.2) is 0 Å². The van der Waals surface area contributed by atoms with Crippen LogP contribution in [0.2, 0.25) is 0 Å². The maximum absolute atomic E-state index is 12.6. The molecule has 2 aromatic carbocycles. The van der Waals surface area contributed by atoms with Crippen LogP contribution >= 0.6 is 11.3 Å². The van der Waals surface area contributed by atoms with Crippen molar-refractivity contribution in [1.82, 2.24) is 4.90 Å². The fraction of sp³-hybridized carbons (Fsp3) is 0.190. The lowest BCUT2D eigenvalue weighted by Gasteiger charge is -2.16. The molecule has 0 saturated carbocycles. The quantitative estimate of drug-likeness (QED) is 0.560. The first-order chi connectivity index (χ1) is 13.3. The maximum Gasteiger partial charge on any atom is 0.339 e. The van der Waals surface area contributed by atoms with Crippen LogP contribution in [0.4, 0.5) is 0 Å². The van der Waals surface area contributed by atoms with Gasteiger partial charge in [-0.1, -0.05) is 18.2 Å². The van der Waals surface area contributed by atoms with Crippen molar-refractivity contribution in [1.29, 1.82) is 0 Å². The lowest BCUT2D eigenvalue weighted by Crippen LogP contribution is -2.25.